The van der Waals surface area contributed by atoms with Crippen molar-refractivity contribution in [3.05, 3.63) is 41.6 Å². The van der Waals surface area contributed by atoms with Gasteiger partial charge in [-0.05, 0) is 0 Å². The zero-order valence-electron chi connectivity index (χ0n) is 8.99. The monoisotopic (exact) mass is 265 g/mol. The molecular formula is C10H8ClN5O2. The maximum Gasteiger partial charge on any atom is 0.249 e. The molecule has 18 heavy (non-hydrogen) atoms. The molecule has 0 saturated carbocycles. The zero-order chi connectivity index (χ0) is 13.0. The Labute approximate surface area is 107 Å². The van der Waals surface area contributed by atoms with E-state index in [0.717, 1.165) is 0 Å². The number of ether oxygens (including phenoxy) is 1. The van der Waals surface area contributed by atoms with Crippen LogP contribution in [0.2, 0.25) is 5.02 Å². The second-order valence-corrected chi connectivity index (χ2v) is 3.57. The number of rotatable bonds is 3. The molecule has 8 heteroatoms. The van der Waals surface area contributed by atoms with Gasteiger partial charge in [0.05, 0.1) is 11.2 Å². The van der Waals surface area contributed by atoms with Crippen LogP contribution in [0.15, 0.2) is 36.0 Å². The minimum Gasteiger partial charge on any atom is -0.435 e. The van der Waals surface area contributed by atoms with E-state index in [0.29, 0.717) is 10.8 Å². The maximum absolute atomic E-state index is 8.63. The van der Waals surface area contributed by atoms with Crippen LogP contribution < -0.4 is 10.5 Å². The molecule has 2 aromatic heterocycles. The fraction of sp³-hybridized carbons (Fsp3) is 0. The largest absolute Gasteiger partial charge is 0.435 e. The number of aromatic nitrogens is 3. The van der Waals surface area contributed by atoms with Gasteiger partial charge in [0, 0.05) is 24.7 Å². The number of amidine groups is 1. The van der Waals surface area contributed by atoms with E-state index in [1.54, 1.807) is 6.07 Å². The topological polar surface area (TPSA) is 107 Å². The summed E-state index contributed by atoms with van der Waals surface area (Å²) in [7, 11) is 0. The summed E-state index contributed by atoms with van der Waals surface area (Å²) in [6, 6.07) is 1.55. The van der Waals surface area contributed by atoms with Crippen molar-refractivity contribution < 1.29 is 9.94 Å². The summed E-state index contributed by atoms with van der Waals surface area (Å²) in [6.07, 6.45) is 5.74. The van der Waals surface area contributed by atoms with Gasteiger partial charge in [0.2, 0.25) is 5.88 Å². The van der Waals surface area contributed by atoms with E-state index in [1.165, 1.54) is 24.8 Å². The SMILES string of the molecule is NC(=NO)c1nccnc1Oc1cncc(Cl)c1. The zero-order valence-corrected chi connectivity index (χ0v) is 9.74. The first-order valence-electron chi connectivity index (χ1n) is 4.78. The van der Waals surface area contributed by atoms with Gasteiger partial charge in [-0.1, -0.05) is 16.8 Å². The number of nitrogens with zero attached hydrogens (tertiary/aromatic N) is 4. The molecule has 2 heterocycles. The molecule has 3 N–H and O–H groups in total. The van der Waals surface area contributed by atoms with Crippen molar-refractivity contribution >= 4 is 17.4 Å². The van der Waals surface area contributed by atoms with Crippen LogP contribution in [0.3, 0.4) is 0 Å². The molecule has 0 spiro atoms. The predicted molar refractivity (Wildman–Crippen MR) is 63.9 cm³/mol. The quantitative estimate of drug-likeness (QED) is 0.376. The van der Waals surface area contributed by atoms with Crippen molar-refractivity contribution in [2.45, 2.75) is 0 Å². The van der Waals surface area contributed by atoms with E-state index in [1.807, 2.05) is 0 Å². The Bertz CT molecular complexity index is 590. The molecule has 0 bridgehead atoms. The van der Waals surface area contributed by atoms with Crippen LogP contribution in [0.5, 0.6) is 11.6 Å². The van der Waals surface area contributed by atoms with Crippen LogP contribution in [0, 0.1) is 0 Å². The third kappa shape index (κ3) is 2.64. The molecule has 0 unspecified atom stereocenters. The Balaban J connectivity index is 2.35. The smallest absolute Gasteiger partial charge is 0.249 e. The number of nitrogens with two attached hydrogens (primary N) is 1. The van der Waals surface area contributed by atoms with E-state index < -0.39 is 0 Å². The average molecular weight is 266 g/mol. The van der Waals surface area contributed by atoms with Crippen LogP contribution in [0.25, 0.3) is 0 Å². The lowest BCUT2D eigenvalue weighted by molar-refractivity contribution is 0.318. The van der Waals surface area contributed by atoms with E-state index in [-0.39, 0.29) is 17.4 Å². The van der Waals surface area contributed by atoms with Gasteiger partial charge in [-0.2, -0.15) is 0 Å². The third-order valence-corrected chi connectivity index (χ3v) is 2.12. The Morgan fingerprint density at radius 2 is 2.11 bits per heavy atom. The highest BCUT2D eigenvalue weighted by molar-refractivity contribution is 6.30. The first kappa shape index (κ1) is 12.1. The van der Waals surface area contributed by atoms with Gasteiger partial charge >= 0.3 is 0 Å². The lowest BCUT2D eigenvalue weighted by atomic mass is 10.4. The second kappa shape index (κ2) is 5.28. The van der Waals surface area contributed by atoms with Crippen molar-refractivity contribution in [2.75, 3.05) is 0 Å². The highest BCUT2D eigenvalue weighted by Crippen LogP contribution is 2.22. The highest BCUT2D eigenvalue weighted by Gasteiger charge is 2.12. The lowest BCUT2D eigenvalue weighted by Crippen LogP contribution is -2.16. The van der Waals surface area contributed by atoms with Crippen LogP contribution >= 0.6 is 11.6 Å². The van der Waals surface area contributed by atoms with Gasteiger partial charge in [-0.15, -0.1) is 0 Å². The van der Waals surface area contributed by atoms with Gasteiger partial charge in [-0.3, -0.25) is 4.98 Å². The molecular weight excluding hydrogens is 258 g/mol. The molecule has 2 aromatic rings. The van der Waals surface area contributed by atoms with Crippen LogP contribution in [0.4, 0.5) is 0 Å². The Morgan fingerprint density at radius 3 is 2.83 bits per heavy atom. The van der Waals surface area contributed by atoms with Crippen molar-refractivity contribution in [2.24, 2.45) is 10.9 Å². The van der Waals surface area contributed by atoms with Gasteiger partial charge in [0.1, 0.15) is 5.75 Å². The van der Waals surface area contributed by atoms with Crippen LogP contribution in [0.1, 0.15) is 5.69 Å². The fourth-order valence-electron chi connectivity index (χ4n) is 1.18. The number of hydrogen-bond donors (Lipinski definition) is 2. The molecule has 0 aromatic carbocycles. The first-order valence-corrected chi connectivity index (χ1v) is 5.16. The Morgan fingerprint density at radius 1 is 1.33 bits per heavy atom. The molecule has 0 atom stereocenters. The molecule has 92 valence electrons. The summed E-state index contributed by atoms with van der Waals surface area (Å²) >= 11 is 5.77. The van der Waals surface area contributed by atoms with Gasteiger partial charge in [0.25, 0.3) is 0 Å². The van der Waals surface area contributed by atoms with Crippen LogP contribution in [-0.4, -0.2) is 26.0 Å². The molecule has 0 aliphatic carbocycles. The summed E-state index contributed by atoms with van der Waals surface area (Å²) < 4.78 is 5.42. The maximum atomic E-state index is 8.63. The Kier molecular flexibility index (Phi) is 3.54. The van der Waals surface area contributed by atoms with Gasteiger partial charge < -0.3 is 15.7 Å². The van der Waals surface area contributed by atoms with Crippen molar-refractivity contribution in [3.8, 4) is 11.6 Å². The first-order chi connectivity index (χ1) is 8.70. The van der Waals surface area contributed by atoms with E-state index in [9.17, 15) is 0 Å². The van der Waals surface area contributed by atoms with Crippen molar-refractivity contribution in [3.63, 3.8) is 0 Å². The standard InChI is InChI=1S/C10H8ClN5O2/c11-6-3-7(5-13-4-6)18-10-8(9(12)16-17)14-1-2-15-10/h1-5,17H,(H2,12,16). The average Bonchev–Trinajstić information content (AvgIpc) is 2.38. The number of hydrogen-bond acceptors (Lipinski definition) is 6. The number of halogens is 1. The molecule has 0 radical (unpaired) electrons. The number of oxime groups is 1. The van der Waals surface area contributed by atoms with Gasteiger partial charge in [-0.25, -0.2) is 9.97 Å². The minimum absolute atomic E-state index is 0.0943. The normalized spacial score (nSPS) is 11.3. The van der Waals surface area contributed by atoms with E-state index in [2.05, 4.69) is 20.1 Å². The summed E-state index contributed by atoms with van der Waals surface area (Å²) in [4.78, 5) is 11.7. The molecule has 7 nitrogen and oxygen atoms in total. The van der Waals surface area contributed by atoms with E-state index in [4.69, 9.17) is 27.3 Å². The molecule has 0 aliphatic heterocycles. The minimum atomic E-state index is -0.201. The fourth-order valence-corrected chi connectivity index (χ4v) is 1.35. The predicted octanol–water partition coefficient (Wildman–Crippen LogP) is 1.41. The molecule has 0 saturated heterocycles. The van der Waals surface area contributed by atoms with E-state index >= 15 is 0 Å². The van der Waals surface area contributed by atoms with Crippen LogP contribution in [-0.2, 0) is 0 Å². The van der Waals surface area contributed by atoms with Gasteiger partial charge in [0.15, 0.2) is 11.5 Å². The summed E-state index contributed by atoms with van der Waals surface area (Å²) in [5, 5.41) is 11.9. The second-order valence-electron chi connectivity index (χ2n) is 3.14. The molecule has 0 aliphatic rings. The summed E-state index contributed by atoms with van der Waals surface area (Å²) in [6.45, 7) is 0. The molecule has 2 rings (SSSR count). The van der Waals surface area contributed by atoms with Crippen molar-refractivity contribution in [1.29, 1.82) is 0 Å². The molecule has 0 amide bonds. The highest BCUT2D eigenvalue weighted by atomic mass is 35.5. The summed E-state index contributed by atoms with van der Waals surface area (Å²) in [5.74, 6) is 0.264. The lowest BCUT2D eigenvalue weighted by Gasteiger charge is -2.07. The Hall–Kier alpha value is -2.41. The summed E-state index contributed by atoms with van der Waals surface area (Å²) in [5.41, 5.74) is 5.58. The molecule has 0 fully saturated rings. The van der Waals surface area contributed by atoms with Crippen molar-refractivity contribution in [1.82, 2.24) is 15.0 Å². The number of pyridine rings is 1. The third-order valence-electron chi connectivity index (χ3n) is 1.91.